The number of fused-ring (bicyclic) bond motifs is 1. The molecule has 0 radical (unpaired) electrons. The summed E-state index contributed by atoms with van der Waals surface area (Å²) in [5, 5.41) is 0. The second-order valence-corrected chi connectivity index (χ2v) is 8.85. The summed E-state index contributed by atoms with van der Waals surface area (Å²) >= 11 is 0. The first-order valence-electron chi connectivity index (χ1n) is 9.87. The molecule has 0 N–H and O–H groups in total. The van der Waals surface area contributed by atoms with Crippen LogP contribution in [0.3, 0.4) is 0 Å². The number of ether oxygens (including phenoxy) is 2. The maximum atomic E-state index is 13.1. The van der Waals surface area contributed by atoms with Crippen LogP contribution < -0.4 is 0 Å². The molecule has 5 nitrogen and oxygen atoms in total. The number of hydrogen-bond donors (Lipinski definition) is 0. The fourth-order valence-electron chi connectivity index (χ4n) is 4.26. The summed E-state index contributed by atoms with van der Waals surface area (Å²) in [7, 11) is 1.59. The number of rotatable bonds is 2. The molecule has 29 heavy (non-hydrogen) atoms. The summed E-state index contributed by atoms with van der Waals surface area (Å²) in [5.41, 5.74) is 0.370. The zero-order chi connectivity index (χ0) is 21.6. The van der Waals surface area contributed by atoms with Gasteiger partial charge in [-0.1, -0.05) is 6.07 Å². The summed E-state index contributed by atoms with van der Waals surface area (Å²) in [5.74, 6) is 0. The van der Waals surface area contributed by atoms with Crippen molar-refractivity contribution in [2.24, 2.45) is 0 Å². The second kappa shape index (κ2) is 7.80. The lowest BCUT2D eigenvalue weighted by molar-refractivity contribution is -0.137. The fourth-order valence-corrected chi connectivity index (χ4v) is 4.26. The molecule has 1 aromatic carbocycles. The summed E-state index contributed by atoms with van der Waals surface area (Å²) < 4.78 is 50.4. The van der Waals surface area contributed by atoms with Gasteiger partial charge in [0, 0.05) is 39.2 Å². The molecule has 1 amide bonds. The van der Waals surface area contributed by atoms with Crippen LogP contribution in [-0.2, 0) is 22.1 Å². The van der Waals surface area contributed by atoms with Crippen LogP contribution in [0, 0.1) is 0 Å². The molecule has 0 saturated carbocycles. The van der Waals surface area contributed by atoms with Gasteiger partial charge in [0.05, 0.1) is 17.7 Å². The lowest BCUT2D eigenvalue weighted by atomic mass is 10.0. The molecular weight excluding hydrogens is 385 g/mol. The zero-order valence-electron chi connectivity index (χ0n) is 17.5. The Labute approximate surface area is 169 Å². The molecule has 162 valence electrons. The predicted molar refractivity (Wildman–Crippen MR) is 103 cm³/mol. The van der Waals surface area contributed by atoms with Crippen molar-refractivity contribution in [2.75, 3.05) is 26.7 Å². The molecule has 1 aliphatic heterocycles. The maximum absolute atomic E-state index is 13.1. The van der Waals surface area contributed by atoms with E-state index in [1.165, 1.54) is 6.07 Å². The van der Waals surface area contributed by atoms with Gasteiger partial charge in [0.25, 0.3) is 0 Å². The highest BCUT2D eigenvalue weighted by Gasteiger charge is 2.42. The monoisotopic (exact) mass is 414 g/mol. The minimum absolute atomic E-state index is 0.0205. The van der Waals surface area contributed by atoms with Crippen molar-refractivity contribution in [1.29, 1.82) is 0 Å². The largest absolute Gasteiger partial charge is 0.444 e. The van der Waals surface area contributed by atoms with Crippen molar-refractivity contribution < 1.29 is 27.4 Å². The van der Waals surface area contributed by atoms with Gasteiger partial charge in [0.1, 0.15) is 5.60 Å². The lowest BCUT2D eigenvalue weighted by Crippen LogP contribution is -2.56. The van der Waals surface area contributed by atoms with Gasteiger partial charge < -0.3 is 14.4 Å². The Morgan fingerprint density at radius 3 is 2.41 bits per heavy atom. The number of alkyl halides is 3. The Hall–Kier alpha value is -1.80. The summed E-state index contributed by atoms with van der Waals surface area (Å²) in [6, 6.07) is 3.85. The minimum Gasteiger partial charge on any atom is -0.444 e. The van der Waals surface area contributed by atoms with E-state index in [1.807, 2.05) is 27.7 Å². The third-order valence-corrected chi connectivity index (χ3v) is 5.55. The second-order valence-electron chi connectivity index (χ2n) is 8.85. The van der Waals surface area contributed by atoms with Crippen molar-refractivity contribution in [2.45, 2.75) is 64.1 Å². The quantitative estimate of drug-likeness (QED) is 0.725. The number of nitrogens with zero attached hydrogens (tertiary/aromatic N) is 2. The number of hydrogen-bond acceptors (Lipinski definition) is 4. The van der Waals surface area contributed by atoms with Gasteiger partial charge >= 0.3 is 12.3 Å². The highest BCUT2D eigenvalue weighted by molar-refractivity contribution is 5.68. The van der Waals surface area contributed by atoms with Crippen LogP contribution in [0.5, 0.6) is 0 Å². The first-order chi connectivity index (χ1) is 13.4. The average molecular weight is 414 g/mol. The first kappa shape index (κ1) is 21.9. The third kappa shape index (κ3) is 4.69. The zero-order valence-corrected chi connectivity index (χ0v) is 17.5. The Morgan fingerprint density at radius 1 is 1.17 bits per heavy atom. The van der Waals surface area contributed by atoms with Crippen LogP contribution in [0.1, 0.15) is 50.4 Å². The van der Waals surface area contributed by atoms with Gasteiger partial charge in [-0.25, -0.2) is 4.79 Å². The van der Waals surface area contributed by atoms with Gasteiger partial charge in [-0.15, -0.1) is 0 Å². The van der Waals surface area contributed by atoms with Crippen molar-refractivity contribution in [1.82, 2.24) is 9.80 Å². The highest BCUT2D eigenvalue weighted by atomic mass is 19.4. The molecule has 1 fully saturated rings. The Balaban J connectivity index is 1.78. The number of amides is 1. The molecule has 0 bridgehead atoms. The van der Waals surface area contributed by atoms with Crippen molar-refractivity contribution in [3.63, 3.8) is 0 Å². The Kier molecular flexibility index (Phi) is 5.89. The Morgan fingerprint density at radius 2 is 1.86 bits per heavy atom. The van der Waals surface area contributed by atoms with Crippen molar-refractivity contribution in [3.8, 4) is 0 Å². The van der Waals surface area contributed by atoms with Crippen molar-refractivity contribution in [3.05, 3.63) is 34.9 Å². The van der Waals surface area contributed by atoms with E-state index >= 15 is 0 Å². The van der Waals surface area contributed by atoms with E-state index in [0.29, 0.717) is 31.6 Å². The van der Waals surface area contributed by atoms with E-state index in [1.54, 1.807) is 18.1 Å². The summed E-state index contributed by atoms with van der Waals surface area (Å²) in [6.07, 6.45) is -4.47. The van der Waals surface area contributed by atoms with Crippen LogP contribution in [0.2, 0.25) is 0 Å². The van der Waals surface area contributed by atoms with Crippen LogP contribution >= 0.6 is 0 Å². The summed E-state index contributed by atoms with van der Waals surface area (Å²) in [4.78, 5) is 16.3. The summed E-state index contributed by atoms with van der Waals surface area (Å²) in [6.45, 7) is 9.12. The number of carbonyl (C=O) groups excluding carboxylic acids is 1. The average Bonchev–Trinajstić information content (AvgIpc) is 2.97. The van der Waals surface area contributed by atoms with Crippen LogP contribution in [0.4, 0.5) is 18.0 Å². The van der Waals surface area contributed by atoms with E-state index in [4.69, 9.17) is 9.47 Å². The van der Waals surface area contributed by atoms with Gasteiger partial charge in [-0.2, -0.15) is 13.2 Å². The van der Waals surface area contributed by atoms with Crippen LogP contribution in [0.15, 0.2) is 18.2 Å². The molecule has 8 heteroatoms. The number of benzene rings is 1. The minimum atomic E-state index is -4.36. The number of halogens is 3. The van der Waals surface area contributed by atoms with Crippen LogP contribution in [-0.4, -0.2) is 60.4 Å². The van der Waals surface area contributed by atoms with Gasteiger partial charge in [-0.05, 0) is 51.0 Å². The van der Waals surface area contributed by atoms with Crippen LogP contribution in [0.25, 0.3) is 0 Å². The fraction of sp³-hybridized carbons (Fsp3) is 0.667. The molecule has 3 rings (SSSR count). The van der Waals surface area contributed by atoms with E-state index in [-0.39, 0.29) is 24.3 Å². The SMILES string of the molecule is COC1Cc2cc(C(F)(F)F)ccc2C1N1CCN(C(=O)OC(C)(C)C)CC1C. The highest BCUT2D eigenvalue weighted by Crippen LogP contribution is 2.42. The molecular formula is C21H29F3N2O3. The van der Waals surface area contributed by atoms with E-state index in [9.17, 15) is 18.0 Å². The molecule has 1 aliphatic carbocycles. The van der Waals surface area contributed by atoms with Gasteiger partial charge in [0.15, 0.2) is 0 Å². The third-order valence-electron chi connectivity index (χ3n) is 5.55. The topological polar surface area (TPSA) is 42.0 Å². The molecule has 3 atom stereocenters. The van der Waals surface area contributed by atoms with Gasteiger partial charge in [0.2, 0.25) is 0 Å². The molecule has 1 heterocycles. The molecule has 1 aromatic rings. The number of methoxy groups -OCH3 is 1. The molecule has 2 aliphatic rings. The first-order valence-corrected chi connectivity index (χ1v) is 9.87. The van der Waals surface area contributed by atoms with Gasteiger partial charge in [-0.3, -0.25) is 4.90 Å². The smallest absolute Gasteiger partial charge is 0.416 e. The van der Waals surface area contributed by atoms with E-state index in [0.717, 1.165) is 11.6 Å². The number of piperazine rings is 1. The Bertz CT molecular complexity index is 761. The molecule has 3 unspecified atom stereocenters. The van der Waals surface area contributed by atoms with E-state index in [2.05, 4.69) is 4.90 Å². The van der Waals surface area contributed by atoms with E-state index < -0.39 is 17.3 Å². The van der Waals surface area contributed by atoms with Crippen molar-refractivity contribution >= 4 is 6.09 Å². The standard InChI is InChI=1S/C21H29F3N2O3/c1-13-12-25(19(27)29-20(2,3)4)8-9-26(13)18-16-7-6-15(21(22,23)24)10-14(16)11-17(18)28-5/h6-7,10,13,17-18H,8-9,11-12H2,1-5H3. The maximum Gasteiger partial charge on any atom is 0.416 e. The predicted octanol–water partition coefficient (Wildman–Crippen LogP) is 4.26. The molecule has 1 saturated heterocycles. The molecule has 0 aromatic heterocycles. The lowest BCUT2D eigenvalue weighted by Gasteiger charge is -2.44. The number of carbonyl (C=O) groups is 1. The molecule has 0 spiro atoms. The normalized spacial score (nSPS) is 25.8.